The fourth-order valence-electron chi connectivity index (χ4n) is 11.2. The van der Waals surface area contributed by atoms with E-state index < -0.39 is 20.0 Å². The van der Waals surface area contributed by atoms with Crippen LogP contribution in [0.1, 0.15) is 209 Å². The molecule has 3 aliphatic rings. The molecule has 12 heteroatoms. The molecular formula is C56H76N4O6S2. The van der Waals surface area contributed by atoms with E-state index in [2.05, 4.69) is 73.8 Å². The summed E-state index contributed by atoms with van der Waals surface area (Å²) in [6.45, 7) is 12.5. The molecular weight excluding hydrogens is 889 g/mol. The first-order valence-electron chi connectivity index (χ1n) is 26.1. The second kappa shape index (κ2) is 23.0. The van der Waals surface area contributed by atoms with Crippen LogP contribution >= 0.6 is 0 Å². The number of carbonyl (C=O) groups excluding carboxylic acids is 2. The van der Waals surface area contributed by atoms with Gasteiger partial charge in [0.2, 0.25) is 20.0 Å². The zero-order valence-electron chi connectivity index (χ0n) is 41.6. The molecule has 4 aromatic rings. The molecule has 2 saturated carbocycles. The van der Waals surface area contributed by atoms with Gasteiger partial charge in [0.25, 0.3) is 0 Å². The molecule has 7 rings (SSSR count). The summed E-state index contributed by atoms with van der Waals surface area (Å²) in [5.41, 5.74) is 8.14. The second-order valence-electron chi connectivity index (χ2n) is 19.5. The van der Waals surface area contributed by atoms with Crippen LogP contribution in [-0.4, -0.2) is 40.5 Å². The maximum atomic E-state index is 15.1. The van der Waals surface area contributed by atoms with Gasteiger partial charge < -0.3 is 10.6 Å². The zero-order chi connectivity index (χ0) is 48.6. The van der Waals surface area contributed by atoms with E-state index in [-0.39, 0.29) is 34.8 Å². The van der Waals surface area contributed by atoms with Gasteiger partial charge >= 0.3 is 0 Å². The van der Waals surface area contributed by atoms with Gasteiger partial charge in [0.15, 0.2) is 11.6 Å². The van der Waals surface area contributed by atoms with Crippen molar-refractivity contribution in [1.29, 1.82) is 0 Å². The number of rotatable bonds is 22. The number of carbonyl (C=O) groups is 2. The number of sulfonamides is 2. The van der Waals surface area contributed by atoms with Crippen LogP contribution in [0.5, 0.6) is 0 Å². The third-order valence-corrected chi connectivity index (χ3v) is 17.5. The molecule has 2 fully saturated rings. The third kappa shape index (κ3) is 11.0. The maximum Gasteiger partial charge on any atom is 0.241 e. The molecule has 4 N–H and O–H groups in total. The number of benzene rings is 4. The summed E-state index contributed by atoms with van der Waals surface area (Å²) in [4.78, 5) is 30.8. The van der Waals surface area contributed by atoms with Crippen molar-refractivity contribution in [3.63, 3.8) is 0 Å². The fourth-order valence-corrected chi connectivity index (χ4v) is 14.9. The van der Waals surface area contributed by atoms with E-state index in [1.807, 2.05) is 12.1 Å². The van der Waals surface area contributed by atoms with Crippen LogP contribution in [0, 0.1) is 0 Å². The molecule has 0 atom stereocenters. The van der Waals surface area contributed by atoms with Crippen molar-refractivity contribution in [2.45, 2.75) is 205 Å². The SMILES string of the molecule is CCCc1cc(CCC)c(S(=O)(=O)NC2CCCCC2)c(CCC)c1Nc1ccc(Nc2c(CCC)cc(CCC)c(S(=O)(=O)NC3CCCCC3)c2CCC)c2c1C(=O)c1ccccc1C2=O. The van der Waals surface area contributed by atoms with Gasteiger partial charge in [0.1, 0.15) is 0 Å². The standard InChI is InChI=1S/C56H76N4O6S2/c1-7-21-37-35-39(23-9-3)55(67(63,64)59-41-27-15-13-16-28-41)45(25-11-5)51(37)57-47-33-34-48(50-49(47)53(61)43-31-19-20-32-44(43)54(50)62)58-52-38(22-8-2)36-40(24-10-4)56(46(52)26-12-6)68(65,66)60-42-29-17-14-18-30-42/h19-20,31-36,41-42,57-60H,7-18,21-30H2,1-6H3. The minimum Gasteiger partial charge on any atom is -0.354 e. The van der Waals surface area contributed by atoms with Gasteiger partial charge in [-0.15, -0.1) is 0 Å². The Labute approximate surface area is 407 Å². The lowest BCUT2D eigenvalue weighted by Crippen LogP contribution is -2.37. The molecule has 10 nitrogen and oxygen atoms in total. The van der Waals surface area contributed by atoms with E-state index in [4.69, 9.17) is 0 Å². The number of hydrogen-bond acceptors (Lipinski definition) is 8. The first-order valence-corrected chi connectivity index (χ1v) is 29.1. The van der Waals surface area contributed by atoms with E-state index in [1.165, 1.54) is 0 Å². The molecule has 0 radical (unpaired) electrons. The molecule has 0 bridgehead atoms. The van der Waals surface area contributed by atoms with Gasteiger partial charge in [-0.05, 0) is 110 Å². The Balaban J connectivity index is 1.45. The van der Waals surface area contributed by atoms with Crippen LogP contribution in [0.15, 0.2) is 58.3 Å². The molecule has 0 heterocycles. The summed E-state index contributed by atoms with van der Waals surface area (Å²) < 4.78 is 65.3. The van der Waals surface area contributed by atoms with E-state index in [0.717, 1.165) is 112 Å². The highest BCUT2D eigenvalue weighted by atomic mass is 32.2. The predicted molar refractivity (Wildman–Crippen MR) is 278 cm³/mol. The molecule has 4 aromatic carbocycles. The number of aryl methyl sites for hydroxylation is 4. The number of hydrogen-bond donors (Lipinski definition) is 4. The second-order valence-corrected chi connectivity index (χ2v) is 22.8. The highest BCUT2D eigenvalue weighted by molar-refractivity contribution is 7.90. The van der Waals surface area contributed by atoms with Gasteiger partial charge in [-0.2, -0.15) is 0 Å². The molecule has 0 unspecified atom stereocenters. The number of fused-ring (bicyclic) bond motifs is 2. The van der Waals surface area contributed by atoms with E-state index in [0.29, 0.717) is 106 Å². The summed E-state index contributed by atoms with van der Waals surface area (Å²) in [5.74, 6) is -0.628. The minimum atomic E-state index is -3.95. The van der Waals surface area contributed by atoms with Crippen molar-refractivity contribution in [1.82, 2.24) is 9.44 Å². The lowest BCUT2D eigenvalue weighted by atomic mass is 9.82. The Morgan fingerprint density at radius 3 is 1.13 bits per heavy atom. The van der Waals surface area contributed by atoms with Crippen molar-refractivity contribution in [2.75, 3.05) is 10.6 Å². The van der Waals surface area contributed by atoms with Gasteiger partial charge in [-0.3, -0.25) is 9.59 Å². The van der Waals surface area contributed by atoms with Crippen LogP contribution in [0.2, 0.25) is 0 Å². The van der Waals surface area contributed by atoms with Crippen molar-refractivity contribution in [2.24, 2.45) is 0 Å². The normalized spacial score (nSPS) is 15.9. The van der Waals surface area contributed by atoms with E-state index in [9.17, 15) is 16.8 Å². The molecule has 0 saturated heterocycles. The molecule has 68 heavy (non-hydrogen) atoms. The Morgan fingerprint density at radius 1 is 0.456 bits per heavy atom. The highest BCUT2D eigenvalue weighted by Gasteiger charge is 2.37. The summed E-state index contributed by atoms with van der Waals surface area (Å²) in [7, 11) is -7.89. The lowest BCUT2D eigenvalue weighted by Gasteiger charge is -2.29. The number of anilines is 4. The van der Waals surface area contributed by atoms with E-state index >= 15 is 9.59 Å². The smallest absolute Gasteiger partial charge is 0.241 e. The van der Waals surface area contributed by atoms with Crippen LogP contribution in [-0.2, 0) is 58.6 Å². The lowest BCUT2D eigenvalue weighted by molar-refractivity contribution is 0.0980. The number of ketones is 2. The van der Waals surface area contributed by atoms with Crippen LogP contribution in [0.3, 0.4) is 0 Å². The fraction of sp³-hybridized carbons (Fsp3) is 0.536. The highest BCUT2D eigenvalue weighted by Crippen LogP contribution is 2.44. The van der Waals surface area contributed by atoms with Gasteiger partial charge in [0, 0.05) is 34.6 Å². The average Bonchev–Trinajstić information content (AvgIpc) is 3.31. The summed E-state index contributed by atoms with van der Waals surface area (Å²) in [6.07, 6.45) is 17.6. The molecule has 3 aliphatic carbocycles. The summed E-state index contributed by atoms with van der Waals surface area (Å²) in [5, 5.41) is 7.34. The van der Waals surface area contributed by atoms with Crippen molar-refractivity contribution >= 4 is 54.4 Å². The predicted octanol–water partition coefficient (Wildman–Crippen LogP) is 12.9. The quantitative estimate of drug-likeness (QED) is 0.0535. The first-order chi connectivity index (χ1) is 32.8. The summed E-state index contributed by atoms with van der Waals surface area (Å²) >= 11 is 0. The largest absolute Gasteiger partial charge is 0.354 e. The van der Waals surface area contributed by atoms with Crippen LogP contribution in [0.4, 0.5) is 22.7 Å². The molecule has 368 valence electrons. The van der Waals surface area contributed by atoms with Gasteiger partial charge in [-0.25, -0.2) is 26.3 Å². The topological polar surface area (TPSA) is 151 Å². The van der Waals surface area contributed by atoms with Crippen molar-refractivity contribution in [3.8, 4) is 0 Å². The summed E-state index contributed by atoms with van der Waals surface area (Å²) in [6, 6.07) is 14.4. The number of nitrogens with one attached hydrogen (secondary N) is 4. The first kappa shape index (κ1) is 51.5. The van der Waals surface area contributed by atoms with Crippen LogP contribution < -0.4 is 20.1 Å². The average molecular weight is 965 g/mol. The van der Waals surface area contributed by atoms with E-state index in [1.54, 1.807) is 24.3 Å². The molecule has 0 amide bonds. The maximum absolute atomic E-state index is 15.1. The third-order valence-electron chi connectivity index (χ3n) is 14.1. The zero-order valence-corrected chi connectivity index (χ0v) is 43.2. The van der Waals surface area contributed by atoms with Crippen molar-refractivity contribution < 1.29 is 26.4 Å². The minimum absolute atomic E-state index is 0.122. The van der Waals surface area contributed by atoms with Crippen LogP contribution in [0.25, 0.3) is 0 Å². The van der Waals surface area contributed by atoms with Crippen molar-refractivity contribution in [3.05, 3.63) is 104 Å². The Kier molecular flexibility index (Phi) is 17.4. The Morgan fingerprint density at radius 2 is 0.794 bits per heavy atom. The Hall–Kier alpha value is -4.36. The molecule has 0 aliphatic heterocycles. The van der Waals surface area contributed by atoms with Gasteiger partial charge in [-0.1, -0.05) is 155 Å². The monoisotopic (exact) mass is 965 g/mol. The molecule has 0 aromatic heterocycles. The Bertz CT molecular complexity index is 2520. The molecule has 0 spiro atoms. The van der Waals surface area contributed by atoms with Gasteiger partial charge in [0.05, 0.1) is 32.3 Å².